The van der Waals surface area contributed by atoms with Gasteiger partial charge in [0.1, 0.15) is 17.3 Å². The van der Waals surface area contributed by atoms with Crippen LogP contribution in [0.1, 0.15) is 48.0 Å². The number of rotatable bonds is 8. The van der Waals surface area contributed by atoms with Crippen molar-refractivity contribution in [2.45, 2.75) is 32.1 Å². The van der Waals surface area contributed by atoms with Crippen molar-refractivity contribution < 1.29 is 28.2 Å². The lowest BCUT2D eigenvalue weighted by Crippen LogP contribution is -2.40. The molecule has 0 N–H and O–H groups in total. The third kappa shape index (κ3) is 5.58. The van der Waals surface area contributed by atoms with Gasteiger partial charge in [-0.25, -0.2) is 4.39 Å². The van der Waals surface area contributed by atoms with Gasteiger partial charge in [0.25, 0.3) is 5.91 Å². The summed E-state index contributed by atoms with van der Waals surface area (Å²) in [7, 11) is 3.09. The first-order valence-corrected chi connectivity index (χ1v) is 10.9. The molecule has 1 aliphatic heterocycles. The summed E-state index contributed by atoms with van der Waals surface area (Å²) in [6.45, 7) is 3.24. The number of ether oxygens (including phenoxy) is 3. The number of methoxy groups -OCH3 is 2. The highest BCUT2D eigenvalue weighted by Crippen LogP contribution is 2.36. The molecule has 0 saturated carbocycles. The summed E-state index contributed by atoms with van der Waals surface area (Å²) in [5.74, 6) is 0.544. The van der Waals surface area contributed by atoms with Gasteiger partial charge in [-0.1, -0.05) is 12.1 Å². The summed E-state index contributed by atoms with van der Waals surface area (Å²) in [5, 5.41) is 0. The molecule has 1 fully saturated rings. The van der Waals surface area contributed by atoms with E-state index in [0.717, 1.165) is 18.4 Å². The van der Waals surface area contributed by atoms with E-state index >= 15 is 0 Å². The Morgan fingerprint density at radius 3 is 2.34 bits per heavy atom. The van der Waals surface area contributed by atoms with Gasteiger partial charge in [0.05, 0.1) is 32.8 Å². The maximum absolute atomic E-state index is 13.4. The Bertz CT molecular complexity index is 922. The van der Waals surface area contributed by atoms with Crippen molar-refractivity contribution in [1.29, 1.82) is 0 Å². The van der Waals surface area contributed by atoms with Gasteiger partial charge in [-0.3, -0.25) is 9.59 Å². The number of esters is 1. The predicted molar refractivity (Wildman–Crippen MR) is 119 cm³/mol. The molecule has 2 aromatic rings. The van der Waals surface area contributed by atoms with E-state index in [-0.39, 0.29) is 36.0 Å². The number of likely N-dealkylation sites (tertiary alicyclic amines) is 1. The number of hydrogen-bond donors (Lipinski definition) is 0. The smallest absolute Gasteiger partial charge is 0.306 e. The second-order valence-corrected chi connectivity index (χ2v) is 7.86. The van der Waals surface area contributed by atoms with Gasteiger partial charge in [-0.2, -0.15) is 0 Å². The number of piperidine rings is 1. The van der Waals surface area contributed by atoms with Crippen LogP contribution in [0.25, 0.3) is 0 Å². The van der Waals surface area contributed by atoms with Crippen LogP contribution in [0.5, 0.6) is 11.5 Å². The van der Waals surface area contributed by atoms with Gasteiger partial charge in [0.15, 0.2) is 0 Å². The molecule has 1 heterocycles. The van der Waals surface area contributed by atoms with E-state index in [1.165, 1.54) is 19.2 Å². The van der Waals surface area contributed by atoms with Crippen molar-refractivity contribution >= 4 is 11.9 Å². The quantitative estimate of drug-likeness (QED) is 0.565. The number of nitrogens with zero attached hydrogens (tertiary/aromatic N) is 1. The minimum atomic E-state index is -0.308. The average Bonchev–Trinajstić information content (AvgIpc) is 2.82. The molecule has 2 aromatic carbocycles. The Hall–Kier alpha value is -3.09. The van der Waals surface area contributed by atoms with Crippen molar-refractivity contribution in [3.63, 3.8) is 0 Å². The molecule has 0 radical (unpaired) electrons. The normalized spacial score (nSPS) is 15.2. The van der Waals surface area contributed by atoms with Crippen LogP contribution in [0.15, 0.2) is 42.5 Å². The number of carbonyl (C=O) groups excluding carboxylic acids is 2. The molecule has 1 amide bonds. The molecule has 3 rings (SSSR count). The van der Waals surface area contributed by atoms with Gasteiger partial charge in [-0.15, -0.1) is 0 Å². The maximum atomic E-state index is 13.4. The standard InChI is InChI=1S/C25H30FNO5/c1-4-32-24(28)16-22(17-5-7-19(26)8-6-17)18-11-13-27(14-12-18)25(29)21-10-9-20(30-2)15-23(21)31-3/h5-10,15,18,22H,4,11-14,16H2,1-3H3. The summed E-state index contributed by atoms with van der Waals surface area (Å²) < 4.78 is 29.2. The highest BCUT2D eigenvalue weighted by Gasteiger charge is 2.32. The van der Waals surface area contributed by atoms with E-state index in [9.17, 15) is 14.0 Å². The lowest BCUT2D eigenvalue weighted by Gasteiger charge is -2.36. The molecule has 7 heteroatoms. The van der Waals surface area contributed by atoms with Crippen LogP contribution < -0.4 is 9.47 Å². The minimum absolute atomic E-state index is 0.0811. The first kappa shape index (κ1) is 23.6. The Kier molecular flexibility index (Phi) is 8.09. The lowest BCUT2D eigenvalue weighted by atomic mass is 9.78. The van der Waals surface area contributed by atoms with Gasteiger partial charge < -0.3 is 19.1 Å². The van der Waals surface area contributed by atoms with Crippen LogP contribution in [-0.2, 0) is 9.53 Å². The van der Waals surface area contributed by atoms with Crippen LogP contribution in [-0.4, -0.2) is 50.7 Å². The van der Waals surface area contributed by atoms with E-state index in [4.69, 9.17) is 14.2 Å². The predicted octanol–water partition coefficient (Wildman–Crippen LogP) is 4.43. The number of benzene rings is 2. The van der Waals surface area contributed by atoms with Crippen LogP contribution >= 0.6 is 0 Å². The summed E-state index contributed by atoms with van der Waals surface area (Å²) in [5.41, 5.74) is 1.41. The SMILES string of the molecule is CCOC(=O)CC(c1ccc(F)cc1)C1CCN(C(=O)c2ccc(OC)cc2OC)CC1. The zero-order valence-corrected chi connectivity index (χ0v) is 18.8. The summed E-state index contributed by atoms with van der Waals surface area (Å²) >= 11 is 0. The van der Waals surface area contributed by atoms with Crippen molar-refractivity contribution in [3.8, 4) is 11.5 Å². The minimum Gasteiger partial charge on any atom is -0.497 e. The Labute approximate surface area is 188 Å². The zero-order chi connectivity index (χ0) is 23.1. The Balaban J connectivity index is 1.72. The van der Waals surface area contributed by atoms with Crippen LogP contribution in [0, 0.1) is 11.7 Å². The fraction of sp³-hybridized carbons (Fsp3) is 0.440. The average molecular weight is 444 g/mol. The first-order chi connectivity index (χ1) is 15.5. The number of amides is 1. The third-order valence-corrected chi connectivity index (χ3v) is 6.03. The van der Waals surface area contributed by atoms with Crippen LogP contribution in [0.2, 0.25) is 0 Å². The van der Waals surface area contributed by atoms with Crippen molar-refractivity contribution in [2.24, 2.45) is 5.92 Å². The second-order valence-electron chi connectivity index (χ2n) is 7.86. The number of hydrogen-bond acceptors (Lipinski definition) is 5. The molecule has 0 aromatic heterocycles. The fourth-order valence-electron chi connectivity index (χ4n) is 4.32. The first-order valence-electron chi connectivity index (χ1n) is 10.9. The third-order valence-electron chi connectivity index (χ3n) is 6.03. The fourth-order valence-corrected chi connectivity index (χ4v) is 4.32. The van der Waals surface area contributed by atoms with E-state index in [1.54, 1.807) is 44.4 Å². The summed E-state index contributed by atoms with van der Waals surface area (Å²) in [6, 6.07) is 11.5. The number of halogens is 1. The maximum Gasteiger partial charge on any atom is 0.306 e. The second kappa shape index (κ2) is 11.0. The summed E-state index contributed by atoms with van der Waals surface area (Å²) in [6.07, 6.45) is 1.72. The van der Waals surface area contributed by atoms with E-state index in [0.29, 0.717) is 36.8 Å². The van der Waals surface area contributed by atoms with Gasteiger partial charge >= 0.3 is 5.97 Å². The topological polar surface area (TPSA) is 65.1 Å². The van der Waals surface area contributed by atoms with Crippen LogP contribution in [0.3, 0.4) is 0 Å². The molecule has 0 spiro atoms. The van der Waals surface area contributed by atoms with Crippen molar-refractivity contribution in [3.05, 3.63) is 59.4 Å². The largest absolute Gasteiger partial charge is 0.497 e. The van der Waals surface area contributed by atoms with E-state index in [1.807, 2.05) is 4.90 Å². The van der Waals surface area contributed by atoms with Crippen molar-refractivity contribution in [1.82, 2.24) is 4.90 Å². The Morgan fingerprint density at radius 1 is 1.06 bits per heavy atom. The monoisotopic (exact) mass is 443 g/mol. The van der Waals surface area contributed by atoms with E-state index < -0.39 is 0 Å². The zero-order valence-electron chi connectivity index (χ0n) is 18.8. The molecule has 1 unspecified atom stereocenters. The molecule has 1 aliphatic rings. The van der Waals surface area contributed by atoms with E-state index in [2.05, 4.69) is 0 Å². The molecular weight excluding hydrogens is 413 g/mol. The molecule has 0 aliphatic carbocycles. The highest BCUT2D eigenvalue weighted by molar-refractivity contribution is 5.97. The van der Waals surface area contributed by atoms with Crippen molar-refractivity contribution in [2.75, 3.05) is 33.9 Å². The molecule has 172 valence electrons. The molecule has 1 atom stereocenters. The molecule has 0 bridgehead atoms. The number of carbonyl (C=O) groups is 2. The van der Waals surface area contributed by atoms with Gasteiger partial charge in [-0.05, 0) is 61.4 Å². The molecule has 6 nitrogen and oxygen atoms in total. The summed E-state index contributed by atoms with van der Waals surface area (Å²) in [4.78, 5) is 27.2. The van der Waals surface area contributed by atoms with Gasteiger partial charge in [0.2, 0.25) is 0 Å². The van der Waals surface area contributed by atoms with Gasteiger partial charge in [0, 0.05) is 19.2 Å². The Morgan fingerprint density at radius 2 is 1.75 bits per heavy atom. The molecule has 32 heavy (non-hydrogen) atoms. The molecular formula is C25H30FNO5. The molecule has 1 saturated heterocycles. The lowest BCUT2D eigenvalue weighted by molar-refractivity contribution is -0.144. The van der Waals surface area contributed by atoms with Crippen LogP contribution in [0.4, 0.5) is 4.39 Å². The highest BCUT2D eigenvalue weighted by atomic mass is 19.1.